The molecule has 0 radical (unpaired) electrons. The van der Waals surface area contributed by atoms with E-state index in [0.29, 0.717) is 23.4 Å². The lowest BCUT2D eigenvalue weighted by Gasteiger charge is -2.16. The first-order valence-corrected chi connectivity index (χ1v) is 11.5. The van der Waals surface area contributed by atoms with Crippen molar-refractivity contribution in [3.05, 3.63) is 59.2 Å². The number of carbonyl (C=O) groups excluding carboxylic acids is 2. The van der Waals surface area contributed by atoms with E-state index in [1.807, 2.05) is 11.5 Å². The van der Waals surface area contributed by atoms with Crippen molar-refractivity contribution >= 4 is 21.6 Å². The van der Waals surface area contributed by atoms with E-state index in [9.17, 15) is 18.0 Å². The molecule has 162 valence electrons. The van der Waals surface area contributed by atoms with Crippen LogP contribution in [0.2, 0.25) is 0 Å². The first-order valence-electron chi connectivity index (χ1n) is 9.68. The first kappa shape index (κ1) is 20.9. The average Bonchev–Trinajstić information content (AvgIpc) is 3.45. The van der Waals surface area contributed by atoms with Crippen LogP contribution in [-0.4, -0.2) is 63.1 Å². The van der Waals surface area contributed by atoms with Gasteiger partial charge < -0.3 is 9.30 Å². The zero-order chi connectivity index (χ0) is 22.2. The zero-order valence-electron chi connectivity index (χ0n) is 17.1. The minimum absolute atomic E-state index is 0.0730. The number of hydrogen-bond donors (Lipinski definition) is 0. The van der Waals surface area contributed by atoms with Gasteiger partial charge in [-0.3, -0.25) is 4.79 Å². The van der Waals surface area contributed by atoms with Crippen molar-refractivity contribution < 1.29 is 22.7 Å². The molecule has 3 aromatic rings. The summed E-state index contributed by atoms with van der Waals surface area (Å²) in [5.74, 6) is -0.757. The number of esters is 1. The van der Waals surface area contributed by atoms with E-state index in [1.165, 1.54) is 11.0 Å². The van der Waals surface area contributed by atoms with E-state index in [-0.39, 0.29) is 28.9 Å². The van der Waals surface area contributed by atoms with Gasteiger partial charge in [0, 0.05) is 23.0 Å². The lowest BCUT2D eigenvalue weighted by Crippen LogP contribution is -2.17. The third kappa shape index (κ3) is 4.26. The van der Waals surface area contributed by atoms with E-state index in [0.717, 1.165) is 5.69 Å². The molecule has 0 N–H and O–H groups in total. The highest BCUT2D eigenvalue weighted by molar-refractivity contribution is 7.91. The molecule has 1 fully saturated rings. The van der Waals surface area contributed by atoms with Gasteiger partial charge >= 0.3 is 5.97 Å². The zero-order valence-corrected chi connectivity index (χ0v) is 17.9. The Labute approximate surface area is 178 Å². The molecule has 1 aromatic carbocycles. The number of aryl methyl sites for hydroxylation is 1. The van der Waals surface area contributed by atoms with Crippen LogP contribution in [0.25, 0.3) is 5.69 Å². The molecular formula is C20H21N5O5S. The normalized spacial score (nSPS) is 17.5. The average molecular weight is 443 g/mol. The largest absolute Gasteiger partial charge is 0.454 e. The maximum absolute atomic E-state index is 12.7. The predicted molar refractivity (Wildman–Crippen MR) is 110 cm³/mol. The van der Waals surface area contributed by atoms with Gasteiger partial charge in [-0.1, -0.05) is 6.07 Å². The topological polar surface area (TPSA) is 126 Å². The molecule has 31 heavy (non-hydrogen) atoms. The quantitative estimate of drug-likeness (QED) is 0.414. The van der Waals surface area contributed by atoms with Crippen molar-refractivity contribution in [1.82, 2.24) is 24.8 Å². The summed E-state index contributed by atoms with van der Waals surface area (Å²) < 4.78 is 32.2. The fraction of sp³-hybridized carbons (Fsp3) is 0.350. The fourth-order valence-electron chi connectivity index (χ4n) is 3.95. The van der Waals surface area contributed by atoms with Gasteiger partial charge in [-0.2, -0.15) is 0 Å². The van der Waals surface area contributed by atoms with Gasteiger partial charge in [0.15, 0.2) is 16.4 Å². The van der Waals surface area contributed by atoms with Gasteiger partial charge in [0.2, 0.25) is 5.78 Å². The van der Waals surface area contributed by atoms with Crippen LogP contribution >= 0.6 is 0 Å². The first-order chi connectivity index (χ1) is 14.7. The minimum atomic E-state index is -3.05. The van der Waals surface area contributed by atoms with Gasteiger partial charge in [0.25, 0.3) is 0 Å². The van der Waals surface area contributed by atoms with Crippen molar-refractivity contribution in [2.24, 2.45) is 0 Å². The van der Waals surface area contributed by atoms with Crippen LogP contribution in [0.1, 0.15) is 44.6 Å². The second-order valence-electron chi connectivity index (χ2n) is 7.52. The molecule has 10 nitrogen and oxygen atoms in total. The maximum Gasteiger partial charge on any atom is 0.338 e. The molecule has 1 aliphatic rings. The number of benzene rings is 1. The van der Waals surface area contributed by atoms with Gasteiger partial charge in [0.05, 0.1) is 22.8 Å². The molecule has 0 aliphatic carbocycles. The van der Waals surface area contributed by atoms with Crippen LogP contribution in [0.4, 0.5) is 0 Å². The molecule has 1 saturated heterocycles. The highest BCUT2D eigenvalue weighted by atomic mass is 32.2. The molecule has 3 heterocycles. The molecule has 0 amide bonds. The predicted octanol–water partition coefficient (Wildman–Crippen LogP) is 1.48. The Morgan fingerprint density at radius 2 is 2.03 bits per heavy atom. The summed E-state index contributed by atoms with van der Waals surface area (Å²) in [5, 5.41) is 10.9. The fourth-order valence-corrected chi connectivity index (χ4v) is 5.65. The molecule has 1 atom stereocenters. The minimum Gasteiger partial charge on any atom is -0.454 e. The maximum atomic E-state index is 12.7. The number of carbonyl (C=O) groups is 2. The lowest BCUT2D eigenvalue weighted by molar-refractivity contribution is 0.0474. The van der Waals surface area contributed by atoms with Gasteiger partial charge in [0.1, 0.15) is 6.33 Å². The number of ketones is 1. The van der Waals surface area contributed by atoms with E-state index in [2.05, 4.69) is 15.5 Å². The SMILES string of the molecule is Cc1cc(C(=O)COC(=O)c2cccc(-n3cnnn3)c2)c(C)n1C1CCS(=O)(=O)C1. The third-order valence-electron chi connectivity index (χ3n) is 5.39. The van der Waals surface area contributed by atoms with E-state index >= 15 is 0 Å². The third-order valence-corrected chi connectivity index (χ3v) is 7.14. The summed E-state index contributed by atoms with van der Waals surface area (Å²) >= 11 is 0. The smallest absolute Gasteiger partial charge is 0.338 e. The van der Waals surface area contributed by atoms with Crippen molar-refractivity contribution in [3.63, 3.8) is 0 Å². The molecule has 4 rings (SSSR count). The molecule has 0 saturated carbocycles. The van der Waals surface area contributed by atoms with Crippen LogP contribution in [-0.2, 0) is 14.6 Å². The van der Waals surface area contributed by atoms with Gasteiger partial charge in [-0.25, -0.2) is 17.9 Å². The Balaban J connectivity index is 1.45. The summed E-state index contributed by atoms with van der Waals surface area (Å²) in [6.45, 7) is 3.20. The summed E-state index contributed by atoms with van der Waals surface area (Å²) in [7, 11) is -3.05. The Morgan fingerprint density at radius 1 is 1.23 bits per heavy atom. The monoisotopic (exact) mass is 443 g/mol. The van der Waals surface area contributed by atoms with Crippen LogP contribution in [0.5, 0.6) is 0 Å². The Bertz CT molecular complexity index is 1250. The van der Waals surface area contributed by atoms with Crippen molar-refractivity contribution in [2.45, 2.75) is 26.3 Å². The summed E-state index contributed by atoms with van der Waals surface area (Å²) in [5.41, 5.74) is 2.77. The molecule has 11 heteroatoms. The molecule has 1 aliphatic heterocycles. The van der Waals surface area contributed by atoms with E-state index < -0.39 is 22.4 Å². The number of sulfone groups is 1. The Morgan fingerprint density at radius 3 is 2.71 bits per heavy atom. The molecule has 1 unspecified atom stereocenters. The van der Waals surface area contributed by atoms with E-state index in [4.69, 9.17) is 4.74 Å². The number of aromatic nitrogens is 5. The summed E-state index contributed by atoms with van der Waals surface area (Å²) in [4.78, 5) is 25.2. The number of nitrogens with zero attached hydrogens (tertiary/aromatic N) is 5. The number of tetrazole rings is 1. The second kappa shape index (κ2) is 8.06. The van der Waals surface area contributed by atoms with Gasteiger partial charge in [-0.05, 0) is 55.0 Å². The second-order valence-corrected chi connectivity index (χ2v) is 9.74. The van der Waals surface area contributed by atoms with Crippen molar-refractivity contribution in [3.8, 4) is 5.69 Å². The number of ether oxygens (including phenoxy) is 1. The van der Waals surface area contributed by atoms with Gasteiger partial charge in [-0.15, -0.1) is 5.10 Å². The van der Waals surface area contributed by atoms with E-state index in [1.54, 1.807) is 37.3 Å². The molecular weight excluding hydrogens is 422 g/mol. The standard InChI is InChI=1S/C20H21N5O5S/c1-13-8-18(14(2)25(13)17-6-7-31(28,29)11-17)19(26)10-30-20(27)15-4-3-5-16(9-15)24-12-21-22-23-24/h3-5,8-9,12,17H,6-7,10-11H2,1-2H3. The van der Waals surface area contributed by atoms with Crippen molar-refractivity contribution in [1.29, 1.82) is 0 Å². The summed E-state index contributed by atoms with van der Waals surface area (Å²) in [6, 6.07) is 8.08. The molecule has 0 spiro atoms. The number of Topliss-reactive ketones (excluding diaryl/α,β-unsaturated/α-hetero) is 1. The summed E-state index contributed by atoms with van der Waals surface area (Å²) in [6.07, 6.45) is 1.93. The van der Waals surface area contributed by atoms with Crippen molar-refractivity contribution in [2.75, 3.05) is 18.1 Å². The lowest BCUT2D eigenvalue weighted by atomic mass is 10.1. The number of rotatable bonds is 6. The number of hydrogen-bond acceptors (Lipinski definition) is 8. The van der Waals surface area contributed by atoms with Crippen LogP contribution in [0.3, 0.4) is 0 Å². The molecule has 0 bridgehead atoms. The highest BCUT2D eigenvalue weighted by Crippen LogP contribution is 2.29. The van der Waals surface area contributed by atoms with Crippen LogP contribution in [0, 0.1) is 13.8 Å². The van der Waals surface area contributed by atoms with Crippen LogP contribution in [0.15, 0.2) is 36.7 Å². The Hall–Kier alpha value is -3.34. The van der Waals surface area contributed by atoms with Crippen LogP contribution < -0.4 is 0 Å². The molecule has 2 aromatic heterocycles. The highest BCUT2D eigenvalue weighted by Gasteiger charge is 2.31. The Kier molecular flexibility index (Phi) is 5.44.